The standard InChI is InChI=1S/C53H99O13P/c1-3-5-7-9-11-13-15-17-19-21-23-25-27-29-31-33-35-37-39-41-46(54)63-43-45(44-64-67(61,62)66-53-51(59)49(57)48(56)50(58)52(53)60)65-47(55)42-40-38-36-34-32-30-28-26-24-22-20-18-16-14-12-10-8-6-4-2/h11,13,17,19,45,48-53,56-60H,3-10,12,14-16,18,20-44H2,1-2H3,(H,61,62)/b13-11-,19-17-/t45-,48?,49-,50?,51?,52?,53?/m1/s1. The van der Waals surface area contributed by atoms with Gasteiger partial charge in [0, 0.05) is 12.8 Å². The van der Waals surface area contributed by atoms with Gasteiger partial charge in [0.05, 0.1) is 6.61 Å². The smallest absolute Gasteiger partial charge is 0.462 e. The number of hydrogen-bond acceptors (Lipinski definition) is 12. The normalized spacial score (nSPS) is 21.3. The lowest BCUT2D eigenvalue weighted by molar-refractivity contribution is -0.220. The van der Waals surface area contributed by atoms with Gasteiger partial charge in [-0.15, -0.1) is 0 Å². The van der Waals surface area contributed by atoms with Crippen LogP contribution in [0.4, 0.5) is 0 Å². The average molecular weight is 975 g/mol. The van der Waals surface area contributed by atoms with Crippen molar-refractivity contribution in [1.82, 2.24) is 0 Å². The fourth-order valence-corrected chi connectivity index (χ4v) is 9.41. The molecule has 6 unspecified atom stereocenters. The Morgan fingerprint density at radius 2 is 0.806 bits per heavy atom. The lowest BCUT2D eigenvalue weighted by atomic mass is 9.85. The summed E-state index contributed by atoms with van der Waals surface area (Å²) in [6.45, 7) is 3.32. The first-order valence-corrected chi connectivity index (χ1v) is 28.6. The van der Waals surface area contributed by atoms with Crippen LogP contribution in [0.25, 0.3) is 0 Å². The van der Waals surface area contributed by atoms with Crippen molar-refractivity contribution < 1.29 is 63.1 Å². The number of aliphatic hydroxyl groups excluding tert-OH is 5. The molecule has 1 fully saturated rings. The Hall–Kier alpha value is -1.67. The van der Waals surface area contributed by atoms with Gasteiger partial charge in [0.25, 0.3) is 0 Å². The number of carbonyl (C=O) groups is 2. The first-order valence-electron chi connectivity index (χ1n) is 27.1. The third kappa shape index (κ3) is 35.1. The number of ether oxygens (including phenoxy) is 2. The molecule has 0 aliphatic heterocycles. The van der Waals surface area contributed by atoms with Gasteiger partial charge in [-0.05, 0) is 44.9 Å². The molecule has 0 radical (unpaired) electrons. The molecule has 394 valence electrons. The van der Waals surface area contributed by atoms with Crippen LogP contribution in [0, 0.1) is 0 Å². The summed E-state index contributed by atoms with van der Waals surface area (Å²) in [7, 11) is -5.12. The lowest BCUT2D eigenvalue weighted by Crippen LogP contribution is -2.64. The summed E-state index contributed by atoms with van der Waals surface area (Å²) in [5.74, 6) is -1.09. The fourth-order valence-electron chi connectivity index (χ4n) is 8.44. The molecule has 0 heterocycles. The van der Waals surface area contributed by atoms with Gasteiger partial charge >= 0.3 is 19.8 Å². The highest BCUT2D eigenvalue weighted by Crippen LogP contribution is 2.47. The number of allylic oxidation sites excluding steroid dienone is 4. The van der Waals surface area contributed by atoms with Crippen molar-refractivity contribution in [1.29, 1.82) is 0 Å². The van der Waals surface area contributed by atoms with Crippen LogP contribution in [-0.2, 0) is 32.7 Å². The summed E-state index contributed by atoms with van der Waals surface area (Å²) < 4.78 is 33.7. The Bertz CT molecular complexity index is 1270. The molecular weight excluding hydrogens is 876 g/mol. The van der Waals surface area contributed by atoms with E-state index in [1.165, 1.54) is 148 Å². The summed E-state index contributed by atoms with van der Waals surface area (Å²) in [6, 6.07) is 0. The number of rotatable bonds is 46. The second-order valence-corrected chi connectivity index (χ2v) is 20.5. The highest BCUT2D eigenvalue weighted by atomic mass is 31.2. The van der Waals surface area contributed by atoms with Gasteiger partial charge < -0.3 is 39.9 Å². The van der Waals surface area contributed by atoms with Crippen LogP contribution in [0.5, 0.6) is 0 Å². The number of carbonyl (C=O) groups excluding carboxylic acids is 2. The third-order valence-corrected chi connectivity index (χ3v) is 13.8. The minimum absolute atomic E-state index is 0.101. The van der Waals surface area contributed by atoms with E-state index in [2.05, 4.69) is 38.2 Å². The summed E-state index contributed by atoms with van der Waals surface area (Å²) in [6.07, 6.45) is 36.5. The van der Waals surface area contributed by atoms with Gasteiger partial charge in [0.1, 0.15) is 43.2 Å². The summed E-state index contributed by atoms with van der Waals surface area (Å²) >= 11 is 0. The van der Waals surface area contributed by atoms with Crippen molar-refractivity contribution in [2.24, 2.45) is 0 Å². The second-order valence-electron chi connectivity index (χ2n) is 19.1. The van der Waals surface area contributed by atoms with Crippen molar-refractivity contribution in [2.75, 3.05) is 13.2 Å². The van der Waals surface area contributed by atoms with E-state index in [0.717, 1.165) is 57.8 Å². The van der Waals surface area contributed by atoms with E-state index in [4.69, 9.17) is 18.5 Å². The molecule has 0 aromatic heterocycles. The zero-order chi connectivity index (χ0) is 49.2. The lowest BCUT2D eigenvalue weighted by Gasteiger charge is -2.41. The van der Waals surface area contributed by atoms with Gasteiger partial charge in [0.15, 0.2) is 6.10 Å². The maximum atomic E-state index is 12.9. The Kier molecular flexibility index (Phi) is 40.8. The molecule has 0 spiro atoms. The molecule has 0 bridgehead atoms. The molecule has 14 heteroatoms. The minimum atomic E-state index is -5.12. The monoisotopic (exact) mass is 975 g/mol. The molecule has 67 heavy (non-hydrogen) atoms. The molecule has 1 aliphatic rings. The quantitative estimate of drug-likeness (QED) is 0.0145. The van der Waals surface area contributed by atoms with Crippen LogP contribution in [0.15, 0.2) is 24.3 Å². The van der Waals surface area contributed by atoms with Gasteiger partial charge in [0.2, 0.25) is 0 Å². The van der Waals surface area contributed by atoms with Crippen LogP contribution in [0.2, 0.25) is 0 Å². The van der Waals surface area contributed by atoms with Crippen LogP contribution < -0.4 is 0 Å². The van der Waals surface area contributed by atoms with Crippen molar-refractivity contribution in [3.63, 3.8) is 0 Å². The molecule has 13 nitrogen and oxygen atoms in total. The molecule has 1 rings (SSSR count). The first-order chi connectivity index (χ1) is 32.4. The second kappa shape index (κ2) is 43.1. The molecule has 1 aliphatic carbocycles. The maximum Gasteiger partial charge on any atom is 0.472 e. The van der Waals surface area contributed by atoms with E-state index in [9.17, 15) is 44.6 Å². The Morgan fingerprint density at radius 1 is 0.463 bits per heavy atom. The summed E-state index contributed by atoms with van der Waals surface area (Å²) in [4.78, 5) is 35.9. The number of esters is 2. The van der Waals surface area contributed by atoms with Crippen LogP contribution in [-0.4, -0.2) is 98.3 Å². The van der Waals surface area contributed by atoms with Gasteiger partial charge in [-0.25, -0.2) is 4.57 Å². The number of hydrogen-bond donors (Lipinski definition) is 6. The van der Waals surface area contributed by atoms with E-state index in [1.807, 2.05) is 0 Å². The molecule has 1 saturated carbocycles. The van der Waals surface area contributed by atoms with Crippen molar-refractivity contribution >= 4 is 19.8 Å². The summed E-state index contributed by atoms with van der Waals surface area (Å²) in [5.41, 5.74) is 0. The van der Waals surface area contributed by atoms with Crippen LogP contribution in [0.3, 0.4) is 0 Å². The first kappa shape index (κ1) is 63.3. The van der Waals surface area contributed by atoms with Crippen LogP contribution >= 0.6 is 7.82 Å². The fraction of sp³-hybridized carbons (Fsp3) is 0.887. The zero-order valence-corrected chi connectivity index (χ0v) is 43.1. The molecule has 0 amide bonds. The van der Waals surface area contributed by atoms with Crippen molar-refractivity contribution in [3.05, 3.63) is 24.3 Å². The summed E-state index contributed by atoms with van der Waals surface area (Å²) in [5, 5.41) is 50.3. The van der Waals surface area contributed by atoms with Crippen molar-refractivity contribution in [2.45, 2.75) is 288 Å². The average Bonchev–Trinajstić information content (AvgIpc) is 3.31. The highest BCUT2D eigenvalue weighted by molar-refractivity contribution is 7.47. The van der Waals surface area contributed by atoms with Gasteiger partial charge in [-0.2, -0.15) is 0 Å². The van der Waals surface area contributed by atoms with E-state index in [0.29, 0.717) is 12.8 Å². The van der Waals surface area contributed by atoms with Crippen molar-refractivity contribution in [3.8, 4) is 0 Å². The predicted octanol–water partition coefficient (Wildman–Crippen LogP) is 12.0. The SMILES string of the molecule is CCCCC/C=C\C/C=C\CCCCCCCCCCCC(=O)OC[C@H](COP(=O)(O)OC1C(O)C(O)C(O)[C@@H](O)C1O)OC(=O)CCCCCCCCCCCCCCCCCCCCC. The molecule has 6 N–H and O–H groups in total. The van der Waals surface area contributed by atoms with E-state index in [1.54, 1.807) is 0 Å². The number of phosphoric ester groups is 1. The number of phosphoric acid groups is 1. The van der Waals surface area contributed by atoms with E-state index in [-0.39, 0.29) is 12.8 Å². The number of aliphatic hydroxyl groups is 5. The maximum absolute atomic E-state index is 12.9. The third-order valence-electron chi connectivity index (χ3n) is 12.8. The van der Waals surface area contributed by atoms with E-state index >= 15 is 0 Å². The topological polar surface area (TPSA) is 210 Å². The Labute approximate surface area is 406 Å². The van der Waals surface area contributed by atoms with Crippen LogP contribution in [0.1, 0.15) is 245 Å². The molecule has 0 saturated heterocycles. The van der Waals surface area contributed by atoms with Gasteiger partial charge in [-0.3, -0.25) is 18.6 Å². The Morgan fingerprint density at radius 3 is 1.24 bits per heavy atom. The Balaban J connectivity index is 2.36. The predicted molar refractivity (Wildman–Crippen MR) is 267 cm³/mol. The highest BCUT2D eigenvalue weighted by Gasteiger charge is 2.51. The zero-order valence-electron chi connectivity index (χ0n) is 42.2. The number of unbranched alkanes of at least 4 members (excludes halogenated alkanes) is 30. The van der Waals surface area contributed by atoms with E-state index < -0.39 is 75.7 Å². The molecular formula is C53H99O13P. The molecule has 0 aromatic rings. The largest absolute Gasteiger partial charge is 0.472 e. The molecule has 0 aromatic carbocycles. The van der Waals surface area contributed by atoms with Gasteiger partial charge in [-0.1, -0.05) is 212 Å². The molecule has 8 atom stereocenters. The minimum Gasteiger partial charge on any atom is -0.462 e.